The van der Waals surface area contributed by atoms with Crippen LogP contribution in [0.3, 0.4) is 0 Å². The first-order valence-corrected chi connectivity index (χ1v) is 8.62. The van der Waals surface area contributed by atoms with Crippen molar-refractivity contribution < 1.29 is 4.74 Å². The average molecular weight is 299 g/mol. The normalized spacial score (nSPS) is 14.2. The molecule has 1 saturated carbocycles. The van der Waals surface area contributed by atoms with Crippen LogP contribution < -0.4 is 10.1 Å². The first-order chi connectivity index (χ1) is 10.2. The summed E-state index contributed by atoms with van der Waals surface area (Å²) in [6, 6.07) is 15.4. The highest BCUT2D eigenvalue weighted by molar-refractivity contribution is 7.98. The fourth-order valence-corrected chi connectivity index (χ4v) is 2.59. The highest BCUT2D eigenvalue weighted by atomic mass is 32.2. The van der Waals surface area contributed by atoms with Crippen molar-refractivity contribution in [1.82, 2.24) is 5.32 Å². The standard InChI is InChI=1S/C18H21NOS/c1-13-3-4-14(12-19-15-5-6-15)11-18(13)20-16-7-9-17(21-2)10-8-16/h3-4,7-11,15,19H,5-6,12H2,1-2H3. The fraction of sp³-hybridized carbons (Fsp3) is 0.333. The molecule has 2 aromatic carbocycles. The molecule has 2 nitrogen and oxygen atoms in total. The van der Waals surface area contributed by atoms with Gasteiger partial charge in [0.25, 0.3) is 0 Å². The molecule has 0 aromatic heterocycles. The largest absolute Gasteiger partial charge is 0.457 e. The molecule has 110 valence electrons. The summed E-state index contributed by atoms with van der Waals surface area (Å²) in [6.45, 7) is 3.01. The van der Waals surface area contributed by atoms with E-state index in [4.69, 9.17) is 4.74 Å². The predicted molar refractivity (Wildman–Crippen MR) is 89.3 cm³/mol. The van der Waals surface area contributed by atoms with Crippen LogP contribution in [0, 0.1) is 6.92 Å². The molecule has 0 amide bonds. The Morgan fingerprint density at radius 1 is 1.14 bits per heavy atom. The molecule has 0 aliphatic heterocycles. The Kier molecular flexibility index (Phi) is 4.51. The van der Waals surface area contributed by atoms with Crippen LogP contribution in [0.1, 0.15) is 24.0 Å². The van der Waals surface area contributed by atoms with E-state index < -0.39 is 0 Å². The number of hydrogen-bond donors (Lipinski definition) is 1. The summed E-state index contributed by atoms with van der Waals surface area (Å²) < 4.78 is 6.03. The summed E-state index contributed by atoms with van der Waals surface area (Å²) in [4.78, 5) is 1.25. The van der Waals surface area contributed by atoms with Crippen LogP contribution in [-0.4, -0.2) is 12.3 Å². The molecule has 2 aromatic rings. The smallest absolute Gasteiger partial charge is 0.130 e. The molecular weight excluding hydrogens is 278 g/mol. The topological polar surface area (TPSA) is 21.3 Å². The molecule has 1 fully saturated rings. The lowest BCUT2D eigenvalue weighted by atomic mass is 10.1. The summed E-state index contributed by atoms with van der Waals surface area (Å²) >= 11 is 1.74. The Hall–Kier alpha value is -1.45. The predicted octanol–water partition coefficient (Wildman–Crippen LogP) is 4.76. The molecule has 1 N–H and O–H groups in total. The first kappa shape index (κ1) is 14.5. The third-order valence-electron chi connectivity index (χ3n) is 3.71. The second kappa shape index (κ2) is 6.54. The van der Waals surface area contributed by atoms with Crippen molar-refractivity contribution in [3.8, 4) is 11.5 Å². The number of hydrogen-bond acceptors (Lipinski definition) is 3. The number of ether oxygens (including phenoxy) is 1. The van der Waals surface area contributed by atoms with Crippen molar-refractivity contribution in [2.45, 2.75) is 37.2 Å². The number of rotatable bonds is 6. The first-order valence-electron chi connectivity index (χ1n) is 7.39. The fourth-order valence-electron chi connectivity index (χ4n) is 2.18. The number of benzene rings is 2. The SMILES string of the molecule is CSc1ccc(Oc2cc(CNC3CC3)ccc2C)cc1. The van der Waals surface area contributed by atoms with Crippen molar-refractivity contribution in [2.24, 2.45) is 0 Å². The Bertz CT molecular complexity index is 605. The van der Waals surface area contributed by atoms with E-state index >= 15 is 0 Å². The molecule has 3 heteroatoms. The van der Waals surface area contributed by atoms with Gasteiger partial charge in [0.1, 0.15) is 11.5 Å². The van der Waals surface area contributed by atoms with Gasteiger partial charge < -0.3 is 10.1 Å². The molecule has 0 spiro atoms. The van der Waals surface area contributed by atoms with E-state index in [1.54, 1.807) is 11.8 Å². The van der Waals surface area contributed by atoms with Crippen LogP contribution in [0.15, 0.2) is 47.4 Å². The molecule has 0 bridgehead atoms. The maximum absolute atomic E-state index is 6.03. The zero-order valence-electron chi connectivity index (χ0n) is 12.6. The van der Waals surface area contributed by atoms with Crippen LogP contribution in [0.25, 0.3) is 0 Å². The Morgan fingerprint density at radius 2 is 1.90 bits per heavy atom. The van der Waals surface area contributed by atoms with Gasteiger partial charge in [0.15, 0.2) is 0 Å². The van der Waals surface area contributed by atoms with Crippen molar-refractivity contribution in [3.63, 3.8) is 0 Å². The highest BCUT2D eigenvalue weighted by Gasteiger charge is 2.20. The average Bonchev–Trinajstić information content (AvgIpc) is 3.33. The van der Waals surface area contributed by atoms with E-state index in [-0.39, 0.29) is 0 Å². The monoisotopic (exact) mass is 299 g/mol. The van der Waals surface area contributed by atoms with Crippen molar-refractivity contribution in [1.29, 1.82) is 0 Å². The maximum atomic E-state index is 6.03. The molecule has 0 saturated heterocycles. The van der Waals surface area contributed by atoms with Gasteiger partial charge in [-0.2, -0.15) is 0 Å². The van der Waals surface area contributed by atoms with E-state index in [2.05, 4.69) is 48.8 Å². The van der Waals surface area contributed by atoms with Gasteiger partial charge >= 0.3 is 0 Å². The van der Waals surface area contributed by atoms with E-state index in [0.29, 0.717) is 0 Å². The Balaban J connectivity index is 1.71. The molecule has 0 radical (unpaired) electrons. The van der Waals surface area contributed by atoms with Crippen molar-refractivity contribution in [3.05, 3.63) is 53.6 Å². The summed E-state index contributed by atoms with van der Waals surface area (Å²) in [5.41, 5.74) is 2.45. The molecule has 0 atom stereocenters. The van der Waals surface area contributed by atoms with Gasteiger partial charge in [-0.25, -0.2) is 0 Å². The Labute approximate surface area is 130 Å². The van der Waals surface area contributed by atoms with Gasteiger partial charge in [0, 0.05) is 17.5 Å². The van der Waals surface area contributed by atoms with E-state index in [1.165, 1.54) is 28.9 Å². The summed E-state index contributed by atoms with van der Waals surface area (Å²) in [6.07, 6.45) is 4.71. The van der Waals surface area contributed by atoms with Crippen molar-refractivity contribution in [2.75, 3.05) is 6.26 Å². The third kappa shape index (κ3) is 4.02. The quantitative estimate of drug-likeness (QED) is 0.777. The highest BCUT2D eigenvalue weighted by Crippen LogP contribution is 2.28. The molecule has 1 aliphatic rings. The van der Waals surface area contributed by atoms with E-state index in [0.717, 1.165) is 24.1 Å². The van der Waals surface area contributed by atoms with Crippen LogP contribution in [0.4, 0.5) is 0 Å². The summed E-state index contributed by atoms with van der Waals surface area (Å²) in [5, 5.41) is 3.54. The molecule has 21 heavy (non-hydrogen) atoms. The van der Waals surface area contributed by atoms with Crippen LogP contribution >= 0.6 is 11.8 Å². The lowest BCUT2D eigenvalue weighted by Crippen LogP contribution is -2.15. The number of nitrogens with one attached hydrogen (secondary N) is 1. The Morgan fingerprint density at radius 3 is 2.57 bits per heavy atom. The molecular formula is C18H21NOS. The zero-order chi connectivity index (χ0) is 14.7. The van der Waals surface area contributed by atoms with Crippen LogP contribution in [0.5, 0.6) is 11.5 Å². The second-order valence-electron chi connectivity index (χ2n) is 5.53. The van der Waals surface area contributed by atoms with Gasteiger partial charge in [-0.05, 0) is 67.5 Å². The minimum Gasteiger partial charge on any atom is -0.457 e. The molecule has 0 unspecified atom stereocenters. The second-order valence-corrected chi connectivity index (χ2v) is 6.41. The van der Waals surface area contributed by atoms with Gasteiger partial charge in [0.05, 0.1) is 0 Å². The summed E-state index contributed by atoms with van der Waals surface area (Å²) in [7, 11) is 0. The van der Waals surface area contributed by atoms with E-state index in [1.807, 2.05) is 12.1 Å². The third-order valence-corrected chi connectivity index (χ3v) is 4.46. The summed E-state index contributed by atoms with van der Waals surface area (Å²) in [5.74, 6) is 1.84. The molecule has 3 rings (SSSR count). The van der Waals surface area contributed by atoms with Gasteiger partial charge in [-0.15, -0.1) is 11.8 Å². The number of aryl methyl sites for hydroxylation is 1. The minimum absolute atomic E-state index is 0.731. The van der Waals surface area contributed by atoms with Gasteiger partial charge in [-0.3, -0.25) is 0 Å². The molecule has 0 heterocycles. The van der Waals surface area contributed by atoms with Gasteiger partial charge in [-0.1, -0.05) is 12.1 Å². The van der Waals surface area contributed by atoms with Crippen molar-refractivity contribution >= 4 is 11.8 Å². The van der Waals surface area contributed by atoms with Crippen LogP contribution in [0.2, 0.25) is 0 Å². The lowest BCUT2D eigenvalue weighted by Gasteiger charge is -2.11. The lowest BCUT2D eigenvalue weighted by molar-refractivity contribution is 0.477. The minimum atomic E-state index is 0.731. The maximum Gasteiger partial charge on any atom is 0.130 e. The van der Waals surface area contributed by atoms with Gasteiger partial charge in [0.2, 0.25) is 0 Å². The zero-order valence-corrected chi connectivity index (χ0v) is 13.4. The van der Waals surface area contributed by atoms with E-state index in [9.17, 15) is 0 Å². The number of thioether (sulfide) groups is 1. The molecule has 1 aliphatic carbocycles. The van der Waals surface area contributed by atoms with Crippen LogP contribution in [-0.2, 0) is 6.54 Å².